The second-order valence-electron chi connectivity index (χ2n) is 11.4. The molecule has 0 saturated carbocycles. The number of amides is 2. The van der Waals surface area contributed by atoms with Gasteiger partial charge in [-0.15, -0.1) is 0 Å². The molecule has 3 aliphatic heterocycles. The van der Waals surface area contributed by atoms with Gasteiger partial charge in [0.15, 0.2) is 5.76 Å². The molecule has 6 rings (SSSR count). The highest BCUT2D eigenvalue weighted by molar-refractivity contribution is 5.96. The number of aliphatic hydroxyl groups excluding tert-OH is 1. The van der Waals surface area contributed by atoms with Crippen molar-refractivity contribution in [2.24, 2.45) is 0 Å². The number of piperidine rings is 1. The number of allylic oxidation sites excluding steroid dienone is 1. The molecular formula is C33H38N4O7. The van der Waals surface area contributed by atoms with Gasteiger partial charge in [-0.1, -0.05) is 36.4 Å². The molecule has 44 heavy (non-hydrogen) atoms. The number of ether oxygens (including phenoxy) is 3. The molecule has 1 aromatic heterocycles. The van der Waals surface area contributed by atoms with Gasteiger partial charge in [-0.05, 0) is 42.7 Å². The van der Waals surface area contributed by atoms with Crippen molar-refractivity contribution in [3.05, 3.63) is 78.2 Å². The number of fused-ring (bicyclic) bond motifs is 1. The Bertz CT molecular complexity index is 1540. The summed E-state index contributed by atoms with van der Waals surface area (Å²) in [5.41, 5.74) is 1.97. The first-order chi connectivity index (χ1) is 21.4. The van der Waals surface area contributed by atoms with Crippen LogP contribution in [0, 0.1) is 0 Å². The van der Waals surface area contributed by atoms with Crippen LogP contribution in [0.2, 0.25) is 0 Å². The Morgan fingerprint density at radius 2 is 1.80 bits per heavy atom. The van der Waals surface area contributed by atoms with Crippen LogP contribution in [0.15, 0.2) is 72.6 Å². The van der Waals surface area contributed by atoms with Gasteiger partial charge in [0, 0.05) is 49.6 Å². The molecule has 4 heterocycles. The number of anilines is 1. The van der Waals surface area contributed by atoms with Crippen LogP contribution in [0.4, 0.5) is 5.69 Å². The number of benzene rings is 2. The quantitative estimate of drug-likeness (QED) is 0.359. The van der Waals surface area contributed by atoms with Crippen molar-refractivity contribution in [3.8, 4) is 0 Å². The third-order valence-electron chi connectivity index (χ3n) is 8.80. The number of nitrogens with one attached hydrogen (secondary N) is 1. The van der Waals surface area contributed by atoms with E-state index in [4.69, 9.17) is 19.3 Å². The third kappa shape index (κ3) is 5.70. The first-order valence-corrected chi connectivity index (χ1v) is 15.1. The molecule has 1 spiro atoms. The Balaban J connectivity index is 1.23. The summed E-state index contributed by atoms with van der Waals surface area (Å²) in [6.07, 6.45) is 4.38. The Kier molecular flexibility index (Phi) is 8.69. The SMILES string of the molecule is CC(=O)n1cc([C@H]2C=C(C(=O)N3CCC4(CC3)C(=O)NCN4c3ccccc3)O[C@@H](OCCOCCO)C2)c2ccccc21. The topological polar surface area (TPSA) is 123 Å². The maximum atomic E-state index is 14.0. The van der Waals surface area contributed by atoms with Crippen LogP contribution < -0.4 is 10.2 Å². The van der Waals surface area contributed by atoms with E-state index >= 15 is 0 Å². The van der Waals surface area contributed by atoms with E-state index in [0.717, 1.165) is 22.2 Å². The third-order valence-corrected chi connectivity index (χ3v) is 8.80. The predicted molar refractivity (Wildman–Crippen MR) is 163 cm³/mol. The van der Waals surface area contributed by atoms with E-state index in [-0.39, 0.29) is 55.8 Å². The van der Waals surface area contributed by atoms with Crippen molar-refractivity contribution in [1.29, 1.82) is 0 Å². The largest absolute Gasteiger partial charge is 0.459 e. The van der Waals surface area contributed by atoms with Gasteiger partial charge in [-0.2, -0.15) is 0 Å². The molecule has 3 aromatic rings. The zero-order valence-corrected chi connectivity index (χ0v) is 24.8. The summed E-state index contributed by atoms with van der Waals surface area (Å²) in [6, 6.07) is 17.6. The summed E-state index contributed by atoms with van der Waals surface area (Å²) in [5, 5.41) is 12.9. The van der Waals surface area contributed by atoms with Crippen LogP contribution >= 0.6 is 0 Å². The van der Waals surface area contributed by atoms with Crippen molar-refractivity contribution in [2.45, 2.75) is 43.9 Å². The van der Waals surface area contributed by atoms with Gasteiger partial charge in [0.1, 0.15) is 5.54 Å². The molecule has 3 aliphatic rings. The standard InChI is InChI=1S/C33H38N4O7/c1-23(39)36-21-27(26-9-5-6-10-28(26)36)24-19-29(44-30(20-24)43-18-17-42-16-15-38)31(40)35-13-11-33(12-14-35)32(41)34-22-37(33)25-7-3-2-4-8-25/h2-10,19,21,24,30,38H,11-18,20,22H2,1H3,(H,34,41)/t24-,30+/m0/s1. The van der Waals surface area contributed by atoms with Crippen molar-refractivity contribution in [3.63, 3.8) is 0 Å². The van der Waals surface area contributed by atoms with Gasteiger partial charge in [-0.25, -0.2) is 0 Å². The second kappa shape index (κ2) is 12.8. The number of aromatic nitrogens is 1. The van der Waals surface area contributed by atoms with Gasteiger partial charge in [0.05, 0.1) is 38.6 Å². The second-order valence-corrected chi connectivity index (χ2v) is 11.4. The van der Waals surface area contributed by atoms with Gasteiger partial charge in [0.2, 0.25) is 18.1 Å². The van der Waals surface area contributed by atoms with E-state index < -0.39 is 11.8 Å². The molecule has 11 heteroatoms. The molecule has 2 fully saturated rings. The average molecular weight is 603 g/mol. The summed E-state index contributed by atoms with van der Waals surface area (Å²) in [4.78, 5) is 43.4. The molecule has 2 atom stereocenters. The van der Waals surface area contributed by atoms with E-state index in [2.05, 4.69) is 10.2 Å². The van der Waals surface area contributed by atoms with E-state index in [1.807, 2.05) is 66.9 Å². The predicted octanol–water partition coefficient (Wildman–Crippen LogP) is 3.00. The van der Waals surface area contributed by atoms with Crippen molar-refractivity contribution in [2.75, 3.05) is 51.1 Å². The molecule has 0 radical (unpaired) electrons. The van der Waals surface area contributed by atoms with Crippen molar-refractivity contribution < 1.29 is 33.7 Å². The lowest BCUT2D eigenvalue weighted by molar-refractivity contribution is -0.157. The maximum absolute atomic E-state index is 14.0. The van der Waals surface area contributed by atoms with Crippen LogP contribution in [0.5, 0.6) is 0 Å². The number of likely N-dealkylation sites (tertiary alicyclic amines) is 1. The van der Waals surface area contributed by atoms with Gasteiger partial charge in [-0.3, -0.25) is 19.0 Å². The summed E-state index contributed by atoms with van der Waals surface area (Å²) >= 11 is 0. The Hall–Kier alpha value is -4.19. The fourth-order valence-corrected chi connectivity index (χ4v) is 6.56. The lowest BCUT2D eigenvalue weighted by Gasteiger charge is -2.43. The molecule has 232 valence electrons. The van der Waals surface area contributed by atoms with Gasteiger partial charge >= 0.3 is 0 Å². The fourth-order valence-electron chi connectivity index (χ4n) is 6.56. The number of carbonyl (C=O) groups is 3. The molecular weight excluding hydrogens is 564 g/mol. The van der Waals surface area contributed by atoms with Crippen LogP contribution in [-0.4, -0.2) is 90.3 Å². The maximum Gasteiger partial charge on any atom is 0.288 e. The minimum absolute atomic E-state index is 0.0135. The molecule has 2 aromatic carbocycles. The van der Waals surface area contributed by atoms with E-state index in [1.54, 1.807) is 9.47 Å². The number of hydrogen-bond donors (Lipinski definition) is 2. The smallest absolute Gasteiger partial charge is 0.288 e. The Morgan fingerprint density at radius 3 is 2.55 bits per heavy atom. The Labute approximate surface area is 256 Å². The highest BCUT2D eigenvalue weighted by Crippen LogP contribution is 2.39. The number of aliphatic hydroxyl groups is 1. The van der Waals surface area contributed by atoms with Crippen LogP contribution in [0.25, 0.3) is 10.9 Å². The highest BCUT2D eigenvalue weighted by atomic mass is 16.7. The van der Waals surface area contributed by atoms with Gasteiger partial charge in [0.25, 0.3) is 5.91 Å². The highest BCUT2D eigenvalue weighted by Gasteiger charge is 2.51. The number of nitrogens with zero attached hydrogens (tertiary/aromatic N) is 3. The first kappa shape index (κ1) is 29.9. The van der Waals surface area contributed by atoms with Crippen LogP contribution in [0.3, 0.4) is 0 Å². The zero-order chi connectivity index (χ0) is 30.7. The number of carbonyl (C=O) groups excluding carboxylic acids is 3. The Morgan fingerprint density at radius 1 is 1.05 bits per heavy atom. The first-order valence-electron chi connectivity index (χ1n) is 15.1. The van der Waals surface area contributed by atoms with E-state index in [9.17, 15) is 14.4 Å². The fraction of sp³-hybridized carbons (Fsp3) is 0.424. The molecule has 2 saturated heterocycles. The molecule has 0 bridgehead atoms. The molecule has 2 amide bonds. The number of hydrogen-bond acceptors (Lipinski definition) is 8. The lowest BCUT2D eigenvalue weighted by atomic mass is 9.85. The van der Waals surface area contributed by atoms with Crippen LogP contribution in [0.1, 0.15) is 42.5 Å². The zero-order valence-electron chi connectivity index (χ0n) is 24.8. The monoisotopic (exact) mass is 602 g/mol. The van der Waals surface area contributed by atoms with Gasteiger partial charge < -0.3 is 34.4 Å². The summed E-state index contributed by atoms with van der Waals surface area (Å²) in [5.74, 6) is -0.429. The molecule has 0 unspecified atom stereocenters. The van der Waals surface area contributed by atoms with Crippen molar-refractivity contribution in [1.82, 2.24) is 14.8 Å². The van der Waals surface area contributed by atoms with Crippen LogP contribution in [-0.2, 0) is 23.8 Å². The molecule has 0 aliphatic carbocycles. The minimum Gasteiger partial charge on any atom is -0.459 e. The normalized spacial score (nSPS) is 21.3. The van der Waals surface area contributed by atoms with E-state index in [0.29, 0.717) is 39.0 Å². The molecule has 2 N–H and O–H groups in total. The summed E-state index contributed by atoms with van der Waals surface area (Å²) in [7, 11) is 0. The summed E-state index contributed by atoms with van der Waals surface area (Å²) < 4.78 is 19.1. The lowest BCUT2D eigenvalue weighted by Crippen LogP contribution is -2.57. The summed E-state index contributed by atoms with van der Waals surface area (Å²) in [6.45, 7) is 3.38. The number of para-hydroxylation sites is 2. The van der Waals surface area contributed by atoms with Crippen molar-refractivity contribution >= 4 is 34.3 Å². The minimum atomic E-state index is -0.716. The average Bonchev–Trinajstić information content (AvgIpc) is 3.59. The molecule has 11 nitrogen and oxygen atoms in total. The van der Waals surface area contributed by atoms with E-state index in [1.165, 1.54) is 6.92 Å². The number of rotatable bonds is 9.